The molecule has 1 aromatic rings. The summed E-state index contributed by atoms with van der Waals surface area (Å²) >= 11 is 4.61. The summed E-state index contributed by atoms with van der Waals surface area (Å²) in [5, 5.41) is 2.53. The molecule has 1 aromatic heterocycles. The van der Waals surface area contributed by atoms with Gasteiger partial charge < -0.3 is 15.5 Å². The van der Waals surface area contributed by atoms with Crippen LogP contribution < -0.4 is 11.1 Å². The topological polar surface area (TPSA) is 68.3 Å². The molecule has 0 saturated carbocycles. The molecule has 4 nitrogen and oxygen atoms in total. The van der Waals surface area contributed by atoms with Crippen LogP contribution in [-0.2, 0) is 0 Å². The Morgan fingerprint density at radius 3 is 2.92 bits per heavy atom. The van der Waals surface area contributed by atoms with E-state index < -0.39 is 0 Å². The Kier molecular flexibility index (Phi) is 3.02. The quantitative estimate of drug-likeness (QED) is 0.698. The standard InChI is InChI=1S/C8H10N2O2S/c1-5-2-3-12-7(5)8(11)10-4-6(9)13/h2-3H,4H2,1H3,(H2,9,13)(H,10,11). The molecule has 0 aliphatic rings. The summed E-state index contributed by atoms with van der Waals surface area (Å²) in [6.07, 6.45) is 1.46. The molecular formula is C8H10N2O2S. The first-order chi connectivity index (χ1) is 6.11. The number of carbonyl (C=O) groups excluding carboxylic acids is 1. The fourth-order valence-electron chi connectivity index (χ4n) is 0.853. The van der Waals surface area contributed by atoms with Crippen LogP contribution in [0.1, 0.15) is 16.1 Å². The van der Waals surface area contributed by atoms with Crippen molar-refractivity contribution >= 4 is 23.1 Å². The second-order valence-corrected chi connectivity index (χ2v) is 3.11. The van der Waals surface area contributed by atoms with Crippen LogP contribution in [0.4, 0.5) is 0 Å². The minimum Gasteiger partial charge on any atom is -0.459 e. The molecular weight excluding hydrogens is 188 g/mol. The highest BCUT2D eigenvalue weighted by molar-refractivity contribution is 7.80. The van der Waals surface area contributed by atoms with E-state index in [9.17, 15) is 4.79 Å². The summed E-state index contributed by atoms with van der Waals surface area (Å²) in [5.74, 6) is 0.00606. The molecule has 0 bridgehead atoms. The van der Waals surface area contributed by atoms with Crippen LogP contribution in [0.15, 0.2) is 16.7 Å². The number of thiocarbonyl (C=S) groups is 1. The van der Waals surface area contributed by atoms with Gasteiger partial charge in [0.05, 0.1) is 17.8 Å². The van der Waals surface area contributed by atoms with Crippen molar-refractivity contribution in [3.63, 3.8) is 0 Å². The van der Waals surface area contributed by atoms with E-state index in [1.807, 2.05) is 0 Å². The number of furan rings is 1. The normalized spacial score (nSPS) is 9.62. The van der Waals surface area contributed by atoms with Crippen molar-refractivity contribution in [1.82, 2.24) is 5.32 Å². The molecule has 70 valence electrons. The van der Waals surface area contributed by atoms with Crippen LogP contribution in [0.5, 0.6) is 0 Å². The third-order valence-corrected chi connectivity index (χ3v) is 1.64. The van der Waals surface area contributed by atoms with Crippen LogP contribution in [0.25, 0.3) is 0 Å². The monoisotopic (exact) mass is 198 g/mol. The van der Waals surface area contributed by atoms with E-state index in [0.29, 0.717) is 5.76 Å². The summed E-state index contributed by atoms with van der Waals surface area (Å²) < 4.78 is 4.96. The first-order valence-electron chi connectivity index (χ1n) is 3.72. The second-order valence-electron chi connectivity index (χ2n) is 2.58. The van der Waals surface area contributed by atoms with Gasteiger partial charge >= 0.3 is 0 Å². The van der Waals surface area contributed by atoms with Crippen LogP contribution in [-0.4, -0.2) is 17.4 Å². The Balaban J connectivity index is 2.59. The van der Waals surface area contributed by atoms with Crippen molar-refractivity contribution in [1.29, 1.82) is 0 Å². The van der Waals surface area contributed by atoms with Gasteiger partial charge in [0.25, 0.3) is 5.91 Å². The lowest BCUT2D eigenvalue weighted by atomic mass is 10.3. The molecule has 13 heavy (non-hydrogen) atoms. The van der Waals surface area contributed by atoms with Crippen molar-refractivity contribution < 1.29 is 9.21 Å². The summed E-state index contributed by atoms with van der Waals surface area (Å²) in [5.41, 5.74) is 6.01. The molecule has 0 saturated heterocycles. The number of amides is 1. The smallest absolute Gasteiger partial charge is 0.287 e. The third kappa shape index (κ3) is 2.55. The Morgan fingerprint density at radius 2 is 2.46 bits per heavy atom. The number of hydrogen-bond acceptors (Lipinski definition) is 3. The maximum Gasteiger partial charge on any atom is 0.287 e. The summed E-state index contributed by atoms with van der Waals surface area (Å²) in [6, 6.07) is 1.72. The lowest BCUT2D eigenvalue weighted by Crippen LogP contribution is -2.32. The molecule has 5 heteroatoms. The highest BCUT2D eigenvalue weighted by Crippen LogP contribution is 2.07. The van der Waals surface area contributed by atoms with E-state index in [1.54, 1.807) is 13.0 Å². The number of rotatable bonds is 3. The Hall–Kier alpha value is -1.36. The fourth-order valence-corrected chi connectivity index (χ4v) is 0.925. The van der Waals surface area contributed by atoms with E-state index in [0.717, 1.165) is 5.56 Å². The average molecular weight is 198 g/mol. The molecule has 3 N–H and O–H groups in total. The average Bonchev–Trinajstić information content (AvgIpc) is 2.47. The van der Waals surface area contributed by atoms with Gasteiger partial charge in [-0.25, -0.2) is 0 Å². The predicted octanol–water partition coefficient (Wildman–Crippen LogP) is 0.604. The molecule has 0 fully saturated rings. The first-order valence-corrected chi connectivity index (χ1v) is 4.12. The van der Waals surface area contributed by atoms with Gasteiger partial charge in [-0.15, -0.1) is 0 Å². The van der Waals surface area contributed by atoms with Crippen molar-refractivity contribution in [3.8, 4) is 0 Å². The zero-order chi connectivity index (χ0) is 9.84. The van der Waals surface area contributed by atoms with E-state index in [2.05, 4.69) is 17.5 Å². The van der Waals surface area contributed by atoms with Gasteiger partial charge in [-0.1, -0.05) is 12.2 Å². The molecule has 0 radical (unpaired) electrons. The van der Waals surface area contributed by atoms with E-state index in [1.165, 1.54) is 6.26 Å². The van der Waals surface area contributed by atoms with Gasteiger partial charge in [0, 0.05) is 5.56 Å². The maximum atomic E-state index is 11.3. The van der Waals surface area contributed by atoms with Crippen molar-refractivity contribution in [2.75, 3.05) is 6.54 Å². The molecule has 0 aromatic carbocycles. The van der Waals surface area contributed by atoms with Gasteiger partial charge in [-0.05, 0) is 13.0 Å². The highest BCUT2D eigenvalue weighted by atomic mass is 32.1. The lowest BCUT2D eigenvalue weighted by Gasteiger charge is -2.01. The molecule has 1 amide bonds. The maximum absolute atomic E-state index is 11.3. The molecule has 0 unspecified atom stereocenters. The number of aryl methyl sites for hydroxylation is 1. The largest absolute Gasteiger partial charge is 0.459 e. The molecule has 0 atom stereocenters. The van der Waals surface area contributed by atoms with Gasteiger partial charge in [0.2, 0.25) is 0 Å². The van der Waals surface area contributed by atoms with Gasteiger partial charge in [-0.2, -0.15) is 0 Å². The van der Waals surface area contributed by atoms with Crippen molar-refractivity contribution in [2.24, 2.45) is 5.73 Å². The molecule has 1 rings (SSSR count). The zero-order valence-corrected chi connectivity index (χ0v) is 7.98. The van der Waals surface area contributed by atoms with Gasteiger partial charge in [0.1, 0.15) is 0 Å². The summed E-state index contributed by atoms with van der Waals surface area (Å²) in [7, 11) is 0. The summed E-state index contributed by atoms with van der Waals surface area (Å²) in [4.78, 5) is 11.6. The highest BCUT2D eigenvalue weighted by Gasteiger charge is 2.11. The van der Waals surface area contributed by atoms with Crippen LogP contribution in [0.3, 0.4) is 0 Å². The third-order valence-electron chi connectivity index (χ3n) is 1.49. The summed E-state index contributed by atoms with van der Waals surface area (Å²) in [6.45, 7) is 1.98. The van der Waals surface area contributed by atoms with Crippen molar-refractivity contribution in [2.45, 2.75) is 6.92 Å². The first kappa shape index (κ1) is 9.73. The predicted molar refractivity (Wildman–Crippen MR) is 52.6 cm³/mol. The lowest BCUT2D eigenvalue weighted by molar-refractivity contribution is 0.0931. The number of nitrogens with two attached hydrogens (primary N) is 1. The van der Waals surface area contributed by atoms with Gasteiger partial charge in [0.15, 0.2) is 5.76 Å². The van der Waals surface area contributed by atoms with Crippen LogP contribution in [0.2, 0.25) is 0 Å². The van der Waals surface area contributed by atoms with Crippen LogP contribution in [0, 0.1) is 6.92 Å². The zero-order valence-electron chi connectivity index (χ0n) is 7.16. The number of hydrogen-bond donors (Lipinski definition) is 2. The SMILES string of the molecule is Cc1ccoc1C(=O)NCC(N)=S. The molecule has 1 heterocycles. The fraction of sp³-hybridized carbons (Fsp3) is 0.250. The van der Waals surface area contributed by atoms with E-state index in [4.69, 9.17) is 10.2 Å². The van der Waals surface area contributed by atoms with Crippen LogP contribution >= 0.6 is 12.2 Å². The minimum absolute atomic E-state index is 0.189. The van der Waals surface area contributed by atoms with Crippen molar-refractivity contribution in [3.05, 3.63) is 23.7 Å². The number of nitrogens with one attached hydrogen (secondary N) is 1. The Morgan fingerprint density at radius 1 is 1.77 bits per heavy atom. The van der Waals surface area contributed by atoms with E-state index >= 15 is 0 Å². The number of carbonyl (C=O) groups is 1. The molecule has 0 aliphatic heterocycles. The van der Waals surface area contributed by atoms with E-state index in [-0.39, 0.29) is 17.4 Å². The molecule has 0 aliphatic carbocycles. The molecule has 0 spiro atoms. The van der Waals surface area contributed by atoms with Gasteiger partial charge in [-0.3, -0.25) is 4.79 Å². The Bertz CT molecular complexity index is 333. The second kappa shape index (κ2) is 4.04. The Labute approximate surface area is 81.1 Å². The minimum atomic E-state index is -0.296.